The van der Waals surface area contributed by atoms with Crippen molar-refractivity contribution in [1.82, 2.24) is 0 Å². The van der Waals surface area contributed by atoms with Crippen LogP contribution in [0.3, 0.4) is 0 Å². The Balaban J connectivity index is 1.09. The Labute approximate surface area is 377 Å². The van der Waals surface area contributed by atoms with Crippen molar-refractivity contribution in [2.75, 3.05) is 13.2 Å². The van der Waals surface area contributed by atoms with Gasteiger partial charge in [-0.1, -0.05) is 39.3 Å². The van der Waals surface area contributed by atoms with Crippen molar-refractivity contribution < 1.29 is 84.6 Å². The van der Waals surface area contributed by atoms with E-state index >= 15 is 0 Å². The molecule has 3 aliphatic heterocycles. The smallest absolute Gasteiger partial charge is 0.187 e. The molecule has 64 heavy (non-hydrogen) atoms. The van der Waals surface area contributed by atoms with Gasteiger partial charge in [0.2, 0.25) is 0 Å². The highest BCUT2D eigenvalue weighted by molar-refractivity contribution is 5.18. The van der Waals surface area contributed by atoms with E-state index in [-0.39, 0.29) is 51.9 Å². The van der Waals surface area contributed by atoms with Gasteiger partial charge in [0.1, 0.15) is 67.1 Å². The number of hydrogen-bond acceptors (Lipinski definition) is 17. The fourth-order valence-corrected chi connectivity index (χ4v) is 14.1. The van der Waals surface area contributed by atoms with Crippen molar-refractivity contribution in [3.05, 3.63) is 11.6 Å². The Bertz CT molecular complexity index is 1610. The van der Waals surface area contributed by atoms with E-state index < -0.39 is 117 Å². The zero-order chi connectivity index (χ0) is 47.0. The average Bonchev–Trinajstić information content (AvgIpc) is 3.63. The number of aliphatic hydroxyl groups is 11. The lowest BCUT2D eigenvalue weighted by Gasteiger charge is -2.67. The standard InChI is InChI=1S/C47H80O17/c1-21(2)10-9-15-47(8,64-43-40(58)37(55)34(52)29(62-43)20-59-41-38(56)35(53)32(50)22(3)60-41)25-14-17-46(7)31(25)27(49)18-26-23-11-12-30(44(4,5)24(23)13-16-45(26,46)6)63-42-39(57)36(54)33(51)28(19-48)61-42/h10,22-43,48-58H,9,11-20H2,1-8H3/t22-,23?,24?,25?,26?,27?,28+,29+,30?,31?,32-,33+,34+,35+,36-,37-,38+,39+,40+,41+,42-,43-,45?,46?,47?/m0/s1. The Morgan fingerprint density at radius 3 is 1.92 bits per heavy atom. The summed E-state index contributed by atoms with van der Waals surface area (Å²) in [6.45, 7) is 15.7. The molecule has 7 fully saturated rings. The van der Waals surface area contributed by atoms with Crippen LogP contribution in [0.2, 0.25) is 0 Å². The lowest BCUT2D eigenvalue weighted by Crippen LogP contribution is -2.65. The van der Waals surface area contributed by atoms with E-state index in [1.807, 2.05) is 20.8 Å². The van der Waals surface area contributed by atoms with Crippen molar-refractivity contribution in [3.8, 4) is 0 Å². The lowest BCUT2D eigenvalue weighted by atomic mass is 9.39. The van der Waals surface area contributed by atoms with Gasteiger partial charge in [-0.3, -0.25) is 0 Å². The van der Waals surface area contributed by atoms with Crippen LogP contribution in [0.5, 0.6) is 0 Å². The van der Waals surface area contributed by atoms with Gasteiger partial charge in [-0.2, -0.15) is 0 Å². The van der Waals surface area contributed by atoms with E-state index in [2.05, 4.69) is 33.8 Å². The lowest BCUT2D eigenvalue weighted by molar-refractivity contribution is -0.348. The van der Waals surface area contributed by atoms with Crippen LogP contribution >= 0.6 is 0 Å². The molecule has 3 saturated heterocycles. The Morgan fingerprint density at radius 1 is 0.672 bits per heavy atom. The minimum atomic E-state index is -1.68. The van der Waals surface area contributed by atoms with Crippen molar-refractivity contribution in [2.45, 2.75) is 223 Å². The summed E-state index contributed by atoms with van der Waals surface area (Å²) in [6, 6.07) is 0. The van der Waals surface area contributed by atoms with Crippen LogP contribution in [0, 0.1) is 45.8 Å². The van der Waals surface area contributed by atoms with Crippen LogP contribution in [0.1, 0.15) is 113 Å². The predicted molar refractivity (Wildman–Crippen MR) is 228 cm³/mol. The second kappa shape index (κ2) is 19.1. The molecule has 10 unspecified atom stereocenters. The first-order valence-corrected chi connectivity index (χ1v) is 23.9. The second-order valence-electron chi connectivity index (χ2n) is 22.2. The van der Waals surface area contributed by atoms with Crippen LogP contribution in [-0.4, -0.2) is 179 Å². The molecule has 0 aromatic rings. The van der Waals surface area contributed by atoms with Gasteiger partial charge >= 0.3 is 0 Å². The van der Waals surface area contributed by atoms with E-state index in [0.29, 0.717) is 25.7 Å². The molecule has 0 aromatic heterocycles. The third-order valence-electron chi connectivity index (χ3n) is 18.1. The summed E-state index contributed by atoms with van der Waals surface area (Å²) < 4.78 is 36.7. The zero-order valence-electron chi connectivity index (χ0n) is 38.9. The quantitative estimate of drug-likeness (QED) is 0.0946. The third-order valence-corrected chi connectivity index (χ3v) is 18.1. The first-order chi connectivity index (χ1) is 29.9. The summed E-state index contributed by atoms with van der Waals surface area (Å²) in [6.07, 6.45) is -13.2. The fraction of sp³-hybridized carbons (Fsp3) is 0.957. The van der Waals surface area contributed by atoms with Crippen LogP contribution in [0.4, 0.5) is 0 Å². The molecule has 17 heteroatoms. The number of hydrogen-bond donors (Lipinski definition) is 11. The van der Waals surface area contributed by atoms with Crippen molar-refractivity contribution >= 4 is 0 Å². The Morgan fingerprint density at radius 2 is 1.27 bits per heavy atom. The molecule has 4 aliphatic carbocycles. The first-order valence-electron chi connectivity index (χ1n) is 23.9. The van der Waals surface area contributed by atoms with Gasteiger partial charge in [0.25, 0.3) is 0 Å². The maximum atomic E-state index is 12.6. The van der Waals surface area contributed by atoms with E-state index in [1.165, 1.54) is 6.92 Å². The Hall–Kier alpha value is -0.940. The highest BCUT2D eigenvalue weighted by Crippen LogP contribution is 2.73. The van der Waals surface area contributed by atoms with Crippen LogP contribution in [-0.2, 0) is 28.4 Å². The summed E-state index contributed by atoms with van der Waals surface area (Å²) >= 11 is 0. The molecule has 0 spiro atoms. The largest absolute Gasteiger partial charge is 0.394 e. The fourth-order valence-electron chi connectivity index (χ4n) is 14.1. The summed E-state index contributed by atoms with van der Waals surface area (Å²) in [5.74, 6) is 0.358. The van der Waals surface area contributed by atoms with Crippen LogP contribution < -0.4 is 0 Å². The van der Waals surface area contributed by atoms with Gasteiger partial charge in [0, 0.05) is 0 Å². The molecule has 0 radical (unpaired) electrons. The van der Waals surface area contributed by atoms with Gasteiger partial charge < -0.3 is 84.6 Å². The molecule has 3 heterocycles. The maximum absolute atomic E-state index is 12.6. The third kappa shape index (κ3) is 8.82. The monoisotopic (exact) mass is 917 g/mol. The molecule has 370 valence electrons. The van der Waals surface area contributed by atoms with Crippen molar-refractivity contribution in [2.24, 2.45) is 45.8 Å². The van der Waals surface area contributed by atoms with E-state index in [9.17, 15) is 56.2 Å². The van der Waals surface area contributed by atoms with Gasteiger partial charge in [-0.15, -0.1) is 0 Å². The van der Waals surface area contributed by atoms with Crippen LogP contribution in [0.15, 0.2) is 11.6 Å². The summed E-state index contributed by atoms with van der Waals surface area (Å²) in [5.41, 5.74) is -0.661. The SMILES string of the molecule is CC(C)=CCCC(C)(O[C@@H]1O[C@H](CO[C@@H]2O[C@@H](C)[C@H](O)[C@@H](O)[C@H]2O)[C@@H](O)[C@H](O)[C@H]1O)C1CCC2(C)C1C(O)CC1C3CCC(O[C@@H]4O[C@H](CO)[C@@H](O)[C@H](O)[C@H]4O)C(C)(C)C3CCC12C. The highest BCUT2D eigenvalue weighted by Gasteiger charge is 2.69. The molecule has 25 atom stereocenters. The molecular weight excluding hydrogens is 836 g/mol. The van der Waals surface area contributed by atoms with E-state index in [4.69, 9.17) is 28.4 Å². The maximum Gasteiger partial charge on any atom is 0.187 e. The number of allylic oxidation sites excluding steroid dienone is 2. The average molecular weight is 917 g/mol. The molecular formula is C47H80O17. The minimum Gasteiger partial charge on any atom is -0.394 e. The van der Waals surface area contributed by atoms with Crippen molar-refractivity contribution in [3.63, 3.8) is 0 Å². The van der Waals surface area contributed by atoms with Gasteiger partial charge in [0.15, 0.2) is 18.9 Å². The molecule has 0 aromatic carbocycles. The molecule has 0 bridgehead atoms. The van der Waals surface area contributed by atoms with Gasteiger partial charge in [-0.25, -0.2) is 0 Å². The summed E-state index contributed by atoms with van der Waals surface area (Å²) in [4.78, 5) is 0. The predicted octanol–water partition coefficient (Wildman–Crippen LogP) is 0.611. The number of ether oxygens (including phenoxy) is 6. The summed E-state index contributed by atoms with van der Waals surface area (Å²) in [7, 11) is 0. The molecule has 4 saturated carbocycles. The topological polar surface area (TPSA) is 278 Å². The zero-order valence-corrected chi connectivity index (χ0v) is 38.9. The normalized spacial score (nSPS) is 52.5. The van der Waals surface area contributed by atoms with Gasteiger partial charge in [0.05, 0.1) is 37.1 Å². The minimum absolute atomic E-state index is 0.148. The molecule has 0 amide bonds. The van der Waals surface area contributed by atoms with Crippen LogP contribution in [0.25, 0.3) is 0 Å². The number of rotatable bonds is 12. The Kier molecular flexibility index (Phi) is 15.2. The molecule has 17 nitrogen and oxygen atoms in total. The summed E-state index contributed by atoms with van der Waals surface area (Å²) in [5, 5.41) is 119. The van der Waals surface area contributed by atoms with Gasteiger partial charge in [-0.05, 0) is 131 Å². The number of aliphatic hydroxyl groups excluding tert-OH is 11. The molecule has 11 N–H and O–H groups in total. The second-order valence-corrected chi connectivity index (χ2v) is 22.2. The van der Waals surface area contributed by atoms with E-state index in [1.54, 1.807) is 0 Å². The highest BCUT2D eigenvalue weighted by atomic mass is 16.7. The number of fused-ring (bicyclic) bond motifs is 5. The van der Waals surface area contributed by atoms with Crippen molar-refractivity contribution in [1.29, 1.82) is 0 Å². The first kappa shape index (κ1) is 50.9. The molecule has 7 aliphatic rings. The van der Waals surface area contributed by atoms with E-state index in [0.717, 1.165) is 37.7 Å². The molecule has 7 rings (SSSR count).